The predicted octanol–water partition coefficient (Wildman–Crippen LogP) is 2.71. The van der Waals surface area contributed by atoms with Crippen molar-refractivity contribution in [1.29, 1.82) is 0 Å². The Balaban J connectivity index is 2.86. The Morgan fingerprint density at radius 2 is 2.12 bits per heavy atom. The number of aryl methyl sites for hydroxylation is 1. The molecule has 1 heterocycles. The minimum Gasteiger partial charge on any atom is -0.374 e. The van der Waals surface area contributed by atoms with E-state index in [2.05, 4.69) is 31.0 Å². The van der Waals surface area contributed by atoms with Gasteiger partial charge in [0.1, 0.15) is 5.82 Å². The number of aromatic amines is 1. The second kappa shape index (κ2) is 5.59. The summed E-state index contributed by atoms with van der Waals surface area (Å²) in [6.45, 7) is 9.73. The van der Waals surface area contributed by atoms with E-state index in [1.165, 1.54) is 0 Å². The lowest BCUT2D eigenvalue weighted by Gasteiger charge is -2.25. The van der Waals surface area contributed by atoms with Gasteiger partial charge in [-0.3, -0.25) is 5.10 Å². The van der Waals surface area contributed by atoms with Gasteiger partial charge in [-0.1, -0.05) is 6.92 Å². The Hall–Kier alpha value is -0.680. The van der Waals surface area contributed by atoms with Crippen molar-refractivity contribution in [3.05, 3.63) is 10.6 Å². The molecule has 0 saturated heterocycles. The molecular formula is C11H21N3OS. The summed E-state index contributed by atoms with van der Waals surface area (Å²) in [6, 6.07) is 0. The number of hydrogen-bond acceptors (Lipinski definition) is 3. The van der Waals surface area contributed by atoms with Gasteiger partial charge < -0.3 is 9.30 Å². The van der Waals surface area contributed by atoms with Gasteiger partial charge in [-0.05, 0) is 39.4 Å². The van der Waals surface area contributed by atoms with Gasteiger partial charge in [0.2, 0.25) is 0 Å². The summed E-state index contributed by atoms with van der Waals surface area (Å²) in [7, 11) is 0. The van der Waals surface area contributed by atoms with Crippen molar-refractivity contribution in [2.24, 2.45) is 0 Å². The second-order valence-corrected chi connectivity index (χ2v) is 4.86. The Morgan fingerprint density at radius 1 is 1.44 bits per heavy atom. The lowest BCUT2D eigenvalue weighted by molar-refractivity contribution is -0.0232. The molecule has 0 aliphatic rings. The van der Waals surface area contributed by atoms with E-state index in [4.69, 9.17) is 17.0 Å². The van der Waals surface area contributed by atoms with Crippen molar-refractivity contribution in [2.75, 3.05) is 6.61 Å². The number of rotatable bonds is 6. The number of aromatic nitrogens is 3. The van der Waals surface area contributed by atoms with Crippen molar-refractivity contribution in [1.82, 2.24) is 14.8 Å². The molecule has 0 saturated carbocycles. The van der Waals surface area contributed by atoms with Crippen LogP contribution < -0.4 is 0 Å². The molecule has 0 amide bonds. The molecule has 1 N–H and O–H groups in total. The van der Waals surface area contributed by atoms with Gasteiger partial charge >= 0.3 is 0 Å². The van der Waals surface area contributed by atoms with Crippen LogP contribution in [0.15, 0.2) is 0 Å². The second-order valence-electron chi connectivity index (χ2n) is 4.47. The van der Waals surface area contributed by atoms with Crippen molar-refractivity contribution in [2.45, 2.75) is 52.7 Å². The molecule has 0 bridgehead atoms. The highest BCUT2D eigenvalue weighted by molar-refractivity contribution is 7.71. The van der Waals surface area contributed by atoms with Crippen LogP contribution in [0, 0.1) is 4.77 Å². The van der Waals surface area contributed by atoms with Crippen LogP contribution in [-0.4, -0.2) is 27.0 Å². The van der Waals surface area contributed by atoms with E-state index in [-0.39, 0.29) is 5.60 Å². The third-order valence-electron chi connectivity index (χ3n) is 2.38. The van der Waals surface area contributed by atoms with Gasteiger partial charge in [-0.15, -0.1) is 0 Å². The minimum atomic E-state index is -0.209. The molecule has 0 aliphatic heterocycles. The van der Waals surface area contributed by atoms with E-state index in [1.807, 2.05) is 11.5 Å². The Kier molecular flexibility index (Phi) is 4.68. The van der Waals surface area contributed by atoms with Crippen LogP contribution in [0.4, 0.5) is 0 Å². The summed E-state index contributed by atoms with van der Waals surface area (Å²) < 4.78 is 8.40. The van der Waals surface area contributed by atoms with Gasteiger partial charge in [-0.25, -0.2) is 0 Å². The average molecular weight is 243 g/mol. The summed E-state index contributed by atoms with van der Waals surface area (Å²) in [4.78, 5) is 0. The molecule has 0 spiro atoms. The Labute approximate surface area is 102 Å². The zero-order valence-electron chi connectivity index (χ0n) is 10.5. The first kappa shape index (κ1) is 13.4. The zero-order chi connectivity index (χ0) is 12.2. The van der Waals surface area contributed by atoms with E-state index in [9.17, 15) is 0 Å². The molecule has 0 aromatic carbocycles. The molecule has 0 unspecified atom stereocenters. The lowest BCUT2D eigenvalue weighted by atomic mass is 10.1. The highest BCUT2D eigenvalue weighted by Crippen LogP contribution is 2.14. The largest absolute Gasteiger partial charge is 0.374 e. The first-order valence-electron chi connectivity index (χ1n) is 5.78. The van der Waals surface area contributed by atoms with Crippen LogP contribution in [0.2, 0.25) is 0 Å². The summed E-state index contributed by atoms with van der Waals surface area (Å²) in [5, 5.41) is 7.09. The molecule has 1 aromatic heterocycles. The summed E-state index contributed by atoms with van der Waals surface area (Å²) in [6.07, 6.45) is 2.00. The minimum absolute atomic E-state index is 0.209. The molecule has 92 valence electrons. The molecule has 0 fully saturated rings. The van der Waals surface area contributed by atoms with Crippen LogP contribution in [0.5, 0.6) is 0 Å². The fraction of sp³-hybridized carbons (Fsp3) is 0.818. The molecule has 0 radical (unpaired) electrons. The van der Waals surface area contributed by atoms with Gasteiger partial charge in [0.25, 0.3) is 0 Å². The quantitative estimate of drug-likeness (QED) is 0.781. The predicted molar refractivity (Wildman–Crippen MR) is 67.1 cm³/mol. The Bertz CT molecular complexity index is 381. The van der Waals surface area contributed by atoms with E-state index >= 15 is 0 Å². The standard InChI is InChI=1S/C11H21N3OS/c1-5-7-9-12-13-10(16)14(9)8-11(3,4)15-6-2/h5-8H2,1-4H3,(H,13,16). The van der Waals surface area contributed by atoms with E-state index in [1.54, 1.807) is 0 Å². The maximum absolute atomic E-state index is 5.68. The number of hydrogen-bond donors (Lipinski definition) is 1. The smallest absolute Gasteiger partial charge is 0.195 e. The summed E-state index contributed by atoms with van der Waals surface area (Å²) in [5.74, 6) is 1.01. The average Bonchev–Trinajstić information content (AvgIpc) is 2.50. The van der Waals surface area contributed by atoms with Crippen LogP contribution in [0.25, 0.3) is 0 Å². The maximum atomic E-state index is 5.68. The molecule has 4 nitrogen and oxygen atoms in total. The highest BCUT2D eigenvalue weighted by Gasteiger charge is 2.20. The van der Waals surface area contributed by atoms with Crippen molar-refractivity contribution >= 4 is 12.2 Å². The van der Waals surface area contributed by atoms with Gasteiger partial charge in [0, 0.05) is 13.0 Å². The molecule has 16 heavy (non-hydrogen) atoms. The van der Waals surface area contributed by atoms with E-state index in [0.717, 1.165) is 25.2 Å². The summed E-state index contributed by atoms with van der Waals surface area (Å²) >= 11 is 5.23. The molecule has 1 aromatic rings. The fourth-order valence-electron chi connectivity index (χ4n) is 1.74. The monoisotopic (exact) mass is 243 g/mol. The third-order valence-corrected chi connectivity index (χ3v) is 2.70. The first-order chi connectivity index (χ1) is 7.50. The topological polar surface area (TPSA) is 42.8 Å². The number of ether oxygens (including phenoxy) is 1. The number of nitrogens with zero attached hydrogens (tertiary/aromatic N) is 2. The van der Waals surface area contributed by atoms with Crippen LogP contribution in [-0.2, 0) is 17.7 Å². The number of nitrogens with one attached hydrogen (secondary N) is 1. The first-order valence-corrected chi connectivity index (χ1v) is 6.19. The van der Waals surface area contributed by atoms with Crippen LogP contribution in [0.3, 0.4) is 0 Å². The van der Waals surface area contributed by atoms with E-state index < -0.39 is 0 Å². The van der Waals surface area contributed by atoms with Gasteiger partial charge in [0.15, 0.2) is 4.77 Å². The molecule has 5 heteroatoms. The Morgan fingerprint density at radius 3 is 2.69 bits per heavy atom. The molecule has 0 aliphatic carbocycles. The molecule has 0 atom stereocenters. The van der Waals surface area contributed by atoms with E-state index in [0.29, 0.717) is 11.4 Å². The maximum Gasteiger partial charge on any atom is 0.195 e. The molecular weight excluding hydrogens is 222 g/mol. The van der Waals surface area contributed by atoms with Gasteiger partial charge in [-0.2, -0.15) is 5.10 Å². The van der Waals surface area contributed by atoms with Crippen LogP contribution in [0.1, 0.15) is 39.9 Å². The lowest BCUT2D eigenvalue weighted by Crippen LogP contribution is -2.31. The van der Waals surface area contributed by atoms with Crippen molar-refractivity contribution in [3.8, 4) is 0 Å². The summed E-state index contributed by atoms with van der Waals surface area (Å²) in [5.41, 5.74) is -0.209. The highest BCUT2D eigenvalue weighted by atomic mass is 32.1. The van der Waals surface area contributed by atoms with Gasteiger partial charge in [0.05, 0.1) is 12.1 Å². The van der Waals surface area contributed by atoms with Crippen LogP contribution >= 0.6 is 12.2 Å². The SMILES string of the molecule is CCCc1n[nH]c(=S)n1CC(C)(C)OCC. The fourth-order valence-corrected chi connectivity index (χ4v) is 1.96. The van der Waals surface area contributed by atoms with Crippen molar-refractivity contribution < 1.29 is 4.74 Å². The zero-order valence-corrected chi connectivity index (χ0v) is 11.4. The number of H-pyrrole nitrogens is 1. The third kappa shape index (κ3) is 3.42. The van der Waals surface area contributed by atoms with Crippen molar-refractivity contribution in [3.63, 3.8) is 0 Å². The molecule has 1 rings (SSSR count). The normalized spacial score (nSPS) is 12.0.